The van der Waals surface area contributed by atoms with Crippen molar-refractivity contribution < 1.29 is 31.1 Å². The van der Waals surface area contributed by atoms with Crippen LogP contribution in [0.15, 0.2) is 103 Å². The molecule has 0 fully saturated rings. The van der Waals surface area contributed by atoms with E-state index in [4.69, 9.17) is 0 Å². The Hall–Kier alpha value is -4.40. The number of carbonyl (C=O) groups is 1. The number of hydrogen-bond acceptors (Lipinski definition) is 2. The van der Waals surface area contributed by atoms with E-state index in [1.807, 2.05) is 6.07 Å². The van der Waals surface area contributed by atoms with Gasteiger partial charge in [0, 0.05) is 23.3 Å². The maximum Gasteiger partial charge on any atom is 0.416 e. The number of amides is 1. The molecule has 0 aliphatic heterocycles. The number of allylic oxidation sites excluding steroid dienone is 2. The predicted octanol–water partition coefficient (Wildman–Crippen LogP) is 7.90. The lowest BCUT2D eigenvalue weighted by atomic mass is 9.95. The van der Waals surface area contributed by atoms with Crippen LogP contribution >= 0.6 is 0 Å². The molecule has 1 amide bonds. The van der Waals surface area contributed by atoms with E-state index in [0.29, 0.717) is 27.9 Å². The number of fused-ring (bicyclic) bond motifs is 1. The number of anilines is 1. The number of halogens is 6. The summed E-state index contributed by atoms with van der Waals surface area (Å²) in [6, 6.07) is 17.3. The molecule has 37 heavy (non-hydrogen) atoms. The molecule has 0 atom stereocenters. The first-order valence-electron chi connectivity index (χ1n) is 10.9. The first-order chi connectivity index (χ1) is 17.5. The fourth-order valence-electron chi connectivity index (χ4n) is 3.60. The monoisotopic (exact) mass is 512 g/mol. The maximum absolute atomic E-state index is 13.0. The molecule has 0 spiro atoms. The van der Waals surface area contributed by atoms with Crippen molar-refractivity contribution in [3.63, 3.8) is 0 Å². The highest BCUT2D eigenvalue weighted by molar-refractivity contribution is 6.01. The summed E-state index contributed by atoms with van der Waals surface area (Å²) in [5.41, 5.74) is 0.482. The Bertz CT molecular complexity index is 1410. The molecule has 3 aromatic carbocycles. The van der Waals surface area contributed by atoms with Crippen LogP contribution in [0, 0.1) is 0 Å². The van der Waals surface area contributed by atoms with Crippen molar-refractivity contribution in [2.24, 2.45) is 0 Å². The molecule has 4 rings (SSSR count). The molecule has 1 N–H and O–H groups in total. The zero-order valence-corrected chi connectivity index (χ0v) is 18.9. The van der Waals surface area contributed by atoms with E-state index in [9.17, 15) is 31.1 Å². The highest BCUT2D eigenvalue weighted by Gasteiger charge is 2.31. The molecule has 0 saturated heterocycles. The van der Waals surface area contributed by atoms with E-state index < -0.39 is 29.4 Å². The fourth-order valence-corrected chi connectivity index (χ4v) is 3.60. The molecule has 0 radical (unpaired) electrons. The van der Waals surface area contributed by atoms with Gasteiger partial charge in [-0.25, -0.2) is 0 Å². The third-order valence-electron chi connectivity index (χ3n) is 5.43. The van der Waals surface area contributed by atoms with Crippen LogP contribution in [0.3, 0.4) is 0 Å². The van der Waals surface area contributed by atoms with Gasteiger partial charge in [0.25, 0.3) is 0 Å². The maximum atomic E-state index is 13.0. The summed E-state index contributed by atoms with van der Waals surface area (Å²) in [6.45, 7) is 0. The van der Waals surface area contributed by atoms with Gasteiger partial charge in [-0.1, -0.05) is 48.6 Å². The second kappa shape index (κ2) is 10.3. The molecule has 188 valence electrons. The smallest absolute Gasteiger partial charge is 0.322 e. The van der Waals surface area contributed by atoms with Crippen LogP contribution < -0.4 is 5.32 Å². The van der Waals surface area contributed by atoms with Crippen molar-refractivity contribution in [2.45, 2.75) is 12.4 Å². The summed E-state index contributed by atoms with van der Waals surface area (Å²) in [6.07, 6.45) is -3.41. The molecule has 1 aromatic heterocycles. The lowest BCUT2D eigenvalue weighted by Gasteiger charge is -2.12. The summed E-state index contributed by atoms with van der Waals surface area (Å²) in [5.74, 6) is -0.481. The lowest BCUT2D eigenvalue weighted by molar-refractivity contribution is -0.138. The molecular formula is C28H18F6N2O. The standard InChI is InChI=1S/C28H18F6N2O/c29-27(30,31)21-11-6-18(7-12-21)24(19-8-13-22(14-9-19)28(32,33)34)4-1-5-26(37)36-23-15-10-20-3-2-16-35-25(20)17-23/h1-17H,(H,36,37)/b5-1+. The SMILES string of the molecule is O=C(/C=C/C=C(c1ccc(C(F)(F)F)cc1)c1ccc(C(F)(F)F)cc1)Nc1ccc2cccnc2c1. The van der Waals surface area contributed by atoms with Gasteiger partial charge in [-0.3, -0.25) is 9.78 Å². The van der Waals surface area contributed by atoms with Crippen LogP contribution in [0.25, 0.3) is 16.5 Å². The number of aromatic nitrogens is 1. The average molecular weight is 512 g/mol. The summed E-state index contributed by atoms with van der Waals surface area (Å²) in [4.78, 5) is 16.6. The van der Waals surface area contributed by atoms with Gasteiger partial charge in [-0.15, -0.1) is 0 Å². The van der Waals surface area contributed by atoms with Gasteiger partial charge in [-0.05, 0) is 59.2 Å². The van der Waals surface area contributed by atoms with Crippen molar-refractivity contribution in [1.82, 2.24) is 4.98 Å². The summed E-state index contributed by atoms with van der Waals surface area (Å²) in [7, 11) is 0. The molecular weight excluding hydrogens is 494 g/mol. The highest BCUT2D eigenvalue weighted by atomic mass is 19.4. The average Bonchev–Trinajstić information content (AvgIpc) is 2.86. The number of alkyl halides is 6. The van der Waals surface area contributed by atoms with E-state index >= 15 is 0 Å². The summed E-state index contributed by atoms with van der Waals surface area (Å²) < 4.78 is 77.9. The van der Waals surface area contributed by atoms with Gasteiger partial charge in [0.2, 0.25) is 5.91 Å². The van der Waals surface area contributed by atoms with Gasteiger partial charge in [0.05, 0.1) is 16.6 Å². The van der Waals surface area contributed by atoms with Gasteiger partial charge < -0.3 is 5.32 Å². The molecule has 0 unspecified atom stereocenters. The molecule has 0 aliphatic rings. The minimum Gasteiger partial charge on any atom is -0.322 e. The Morgan fingerprint density at radius 3 is 1.86 bits per heavy atom. The Morgan fingerprint density at radius 2 is 1.32 bits per heavy atom. The predicted molar refractivity (Wildman–Crippen MR) is 129 cm³/mol. The zero-order valence-electron chi connectivity index (χ0n) is 18.9. The minimum absolute atomic E-state index is 0.332. The van der Waals surface area contributed by atoms with Crippen molar-refractivity contribution >= 4 is 28.1 Å². The van der Waals surface area contributed by atoms with Crippen molar-refractivity contribution in [2.75, 3.05) is 5.32 Å². The van der Waals surface area contributed by atoms with Gasteiger partial charge in [-0.2, -0.15) is 26.3 Å². The summed E-state index contributed by atoms with van der Waals surface area (Å²) in [5, 5.41) is 3.59. The molecule has 0 bridgehead atoms. The number of pyridine rings is 1. The molecule has 0 saturated carbocycles. The van der Waals surface area contributed by atoms with E-state index in [-0.39, 0.29) is 0 Å². The molecule has 1 heterocycles. The normalized spacial score (nSPS) is 12.1. The van der Waals surface area contributed by atoms with Crippen LogP contribution in [0.4, 0.5) is 32.0 Å². The Kier molecular flexibility index (Phi) is 7.15. The molecule has 0 aliphatic carbocycles. The number of rotatable bonds is 5. The van der Waals surface area contributed by atoms with Gasteiger partial charge in [0.15, 0.2) is 0 Å². The molecule has 3 nitrogen and oxygen atoms in total. The first-order valence-corrected chi connectivity index (χ1v) is 10.9. The number of benzene rings is 3. The van der Waals surface area contributed by atoms with E-state index in [1.165, 1.54) is 42.5 Å². The Labute approximate surface area is 207 Å². The largest absolute Gasteiger partial charge is 0.416 e. The van der Waals surface area contributed by atoms with Crippen molar-refractivity contribution in [3.8, 4) is 0 Å². The van der Waals surface area contributed by atoms with E-state index in [1.54, 1.807) is 30.5 Å². The Morgan fingerprint density at radius 1 is 0.757 bits per heavy atom. The van der Waals surface area contributed by atoms with Crippen LogP contribution in [-0.2, 0) is 17.1 Å². The lowest BCUT2D eigenvalue weighted by Crippen LogP contribution is -2.07. The van der Waals surface area contributed by atoms with Crippen LogP contribution in [0.1, 0.15) is 22.3 Å². The van der Waals surface area contributed by atoms with Crippen LogP contribution in [-0.4, -0.2) is 10.9 Å². The second-order valence-electron chi connectivity index (χ2n) is 7.99. The van der Waals surface area contributed by atoms with Crippen LogP contribution in [0.5, 0.6) is 0 Å². The van der Waals surface area contributed by atoms with E-state index in [0.717, 1.165) is 29.7 Å². The third kappa shape index (κ3) is 6.43. The van der Waals surface area contributed by atoms with E-state index in [2.05, 4.69) is 10.3 Å². The third-order valence-corrected chi connectivity index (χ3v) is 5.43. The highest BCUT2D eigenvalue weighted by Crippen LogP contribution is 2.33. The molecule has 9 heteroatoms. The number of carbonyl (C=O) groups excluding carboxylic acids is 1. The molecule has 4 aromatic rings. The van der Waals surface area contributed by atoms with Crippen LogP contribution in [0.2, 0.25) is 0 Å². The topological polar surface area (TPSA) is 42.0 Å². The quantitative estimate of drug-likeness (QED) is 0.168. The number of hydrogen-bond donors (Lipinski definition) is 1. The number of nitrogens with zero attached hydrogens (tertiary/aromatic N) is 1. The second-order valence-corrected chi connectivity index (χ2v) is 7.99. The Balaban J connectivity index is 1.60. The van der Waals surface area contributed by atoms with Gasteiger partial charge >= 0.3 is 12.4 Å². The minimum atomic E-state index is -4.53. The fraction of sp³-hybridized carbons (Fsp3) is 0.0714. The zero-order chi connectivity index (χ0) is 26.6. The van der Waals surface area contributed by atoms with Crippen molar-refractivity contribution in [3.05, 3.63) is 126 Å². The first kappa shape index (κ1) is 25.7. The van der Waals surface area contributed by atoms with Gasteiger partial charge in [0.1, 0.15) is 0 Å². The summed E-state index contributed by atoms with van der Waals surface area (Å²) >= 11 is 0. The number of nitrogens with one attached hydrogen (secondary N) is 1. The van der Waals surface area contributed by atoms with Crippen molar-refractivity contribution in [1.29, 1.82) is 0 Å².